The zero-order valence-electron chi connectivity index (χ0n) is 10.3. The van der Waals surface area contributed by atoms with E-state index >= 15 is 0 Å². The number of hydrogen-bond acceptors (Lipinski definition) is 3. The van der Waals surface area contributed by atoms with Gasteiger partial charge in [-0.2, -0.15) is 8.78 Å². The quantitative estimate of drug-likeness (QED) is 0.726. The number of piperazine rings is 1. The number of carbonyl (C=O) groups is 2. The smallest absolute Gasteiger partial charge is 0.358 e. The molecule has 0 aromatic carbocycles. The first-order chi connectivity index (χ1) is 8.78. The minimum atomic E-state index is -4.65. The molecule has 0 bridgehead atoms. The highest BCUT2D eigenvalue weighted by Gasteiger charge is 2.51. The van der Waals surface area contributed by atoms with E-state index in [4.69, 9.17) is 0 Å². The zero-order valence-corrected chi connectivity index (χ0v) is 10.3. The van der Waals surface area contributed by atoms with E-state index in [2.05, 4.69) is 5.32 Å². The number of hydrogen-bond donors (Lipinski definition) is 1. The van der Waals surface area contributed by atoms with Gasteiger partial charge in [0.2, 0.25) is 5.91 Å². The highest BCUT2D eigenvalue weighted by atomic mass is 19.3. The van der Waals surface area contributed by atoms with E-state index in [1.807, 2.05) is 0 Å². The van der Waals surface area contributed by atoms with Crippen LogP contribution in [0.5, 0.6) is 0 Å². The Bertz CT molecular complexity index is 344. The second-order valence-corrected chi connectivity index (χ2v) is 4.17. The van der Waals surface area contributed by atoms with Gasteiger partial charge in [0.15, 0.2) is 0 Å². The molecule has 0 aromatic heterocycles. The van der Waals surface area contributed by atoms with E-state index in [0.717, 1.165) is 0 Å². The molecule has 0 unspecified atom stereocenters. The zero-order chi connectivity index (χ0) is 14.6. The predicted octanol–water partition coefficient (Wildman–Crippen LogP) is -0.223. The molecule has 0 spiro atoms. The monoisotopic (exact) mass is 285 g/mol. The molecule has 0 aromatic rings. The van der Waals surface area contributed by atoms with Crippen LogP contribution in [0.4, 0.5) is 17.6 Å². The lowest BCUT2D eigenvalue weighted by molar-refractivity contribution is -0.182. The van der Waals surface area contributed by atoms with Crippen molar-refractivity contribution in [3.8, 4) is 0 Å². The van der Waals surface area contributed by atoms with E-state index in [1.54, 1.807) is 4.90 Å². The lowest BCUT2D eigenvalue weighted by atomic mass is 10.2. The van der Waals surface area contributed by atoms with Crippen molar-refractivity contribution >= 4 is 11.8 Å². The first kappa shape index (κ1) is 15.7. The van der Waals surface area contributed by atoms with Crippen LogP contribution in [0.1, 0.15) is 0 Å². The number of halogens is 4. The summed E-state index contributed by atoms with van der Waals surface area (Å²) in [6, 6.07) is 0. The van der Waals surface area contributed by atoms with Crippen LogP contribution in [0.15, 0.2) is 0 Å². The van der Waals surface area contributed by atoms with Crippen LogP contribution in [0.25, 0.3) is 0 Å². The minimum absolute atomic E-state index is 0.0871. The normalized spacial score (nSPS) is 17.7. The first-order valence-corrected chi connectivity index (χ1v) is 5.67. The molecule has 0 aliphatic carbocycles. The Balaban J connectivity index is 2.50. The summed E-state index contributed by atoms with van der Waals surface area (Å²) in [5, 5.41) is 2.41. The van der Waals surface area contributed by atoms with Crippen molar-refractivity contribution in [2.45, 2.75) is 12.3 Å². The van der Waals surface area contributed by atoms with E-state index < -0.39 is 18.3 Å². The molecule has 0 radical (unpaired) electrons. The maximum Gasteiger partial charge on any atom is 0.383 e. The topological polar surface area (TPSA) is 52.7 Å². The molecule has 0 atom stereocenters. The summed E-state index contributed by atoms with van der Waals surface area (Å²) >= 11 is 0. The van der Waals surface area contributed by atoms with Crippen molar-refractivity contribution in [2.24, 2.45) is 0 Å². The second kappa shape index (κ2) is 6.18. The molecule has 110 valence electrons. The van der Waals surface area contributed by atoms with Crippen LogP contribution in [0, 0.1) is 0 Å². The Morgan fingerprint density at radius 1 is 1.21 bits per heavy atom. The highest BCUT2D eigenvalue weighted by Crippen LogP contribution is 2.25. The first-order valence-electron chi connectivity index (χ1n) is 5.67. The molecule has 2 amide bonds. The van der Waals surface area contributed by atoms with Crippen LogP contribution in [0.3, 0.4) is 0 Å². The fourth-order valence-corrected chi connectivity index (χ4v) is 1.70. The lowest BCUT2D eigenvalue weighted by Crippen LogP contribution is -2.56. The van der Waals surface area contributed by atoms with Gasteiger partial charge in [0.1, 0.15) is 0 Å². The molecule has 1 aliphatic rings. The average molecular weight is 285 g/mol. The molecule has 1 saturated heterocycles. The van der Waals surface area contributed by atoms with Gasteiger partial charge < -0.3 is 10.2 Å². The maximum atomic E-state index is 12.9. The predicted molar refractivity (Wildman–Crippen MR) is 58.0 cm³/mol. The molecule has 1 N–H and O–H groups in total. The van der Waals surface area contributed by atoms with Crippen LogP contribution < -0.4 is 5.32 Å². The van der Waals surface area contributed by atoms with Crippen molar-refractivity contribution in [2.75, 3.05) is 39.8 Å². The Hall–Kier alpha value is -1.38. The number of alkyl halides is 4. The summed E-state index contributed by atoms with van der Waals surface area (Å²) in [6.07, 6.45) is -4.01. The van der Waals surface area contributed by atoms with E-state index in [0.29, 0.717) is 4.90 Å². The van der Waals surface area contributed by atoms with Crippen LogP contribution in [0.2, 0.25) is 0 Å². The summed E-state index contributed by atoms with van der Waals surface area (Å²) in [6.45, 7) is 0.275. The SMILES string of the molecule is CNC(=O)CN1CCN(C(=O)C(F)(F)C(F)F)CC1. The molecule has 1 heterocycles. The molecule has 1 fully saturated rings. The molecular weight excluding hydrogens is 270 g/mol. The van der Waals surface area contributed by atoms with Crippen LogP contribution in [-0.2, 0) is 9.59 Å². The van der Waals surface area contributed by atoms with E-state index in [-0.39, 0.29) is 38.6 Å². The number of rotatable bonds is 4. The Morgan fingerprint density at radius 3 is 2.16 bits per heavy atom. The Morgan fingerprint density at radius 2 is 1.74 bits per heavy atom. The number of amides is 2. The summed E-state index contributed by atoms with van der Waals surface area (Å²) in [5.74, 6) is -6.75. The molecule has 1 aliphatic heterocycles. The van der Waals surface area contributed by atoms with Crippen molar-refractivity contribution in [1.82, 2.24) is 15.1 Å². The molecule has 9 heteroatoms. The number of carbonyl (C=O) groups excluding carboxylic acids is 2. The Kier molecular flexibility index (Phi) is 5.10. The summed E-state index contributed by atoms with van der Waals surface area (Å²) in [7, 11) is 1.46. The van der Waals surface area contributed by atoms with Crippen molar-refractivity contribution in [1.29, 1.82) is 0 Å². The van der Waals surface area contributed by atoms with Gasteiger partial charge in [-0.25, -0.2) is 8.78 Å². The third-order valence-electron chi connectivity index (χ3n) is 2.86. The van der Waals surface area contributed by atoms with Gasteiger partial charge in [0, 0.05) is 33.2 Å². The maximum absolute atomic E-state index is 12.9. The van der Waals surface area contributed by atoms with Crippen molar-refractivity contribution < 1.29 is 27.2 Å². The third-order valence-corrected chi connectivity index (χ3v) is 2.86. The van der Waals surface area contributed by atoms with Crippen molar-refractivity contribution in [3.63, 3.8) is 0 Å². The molecule has 1 rings (SSSR count). The molecule has 19 heavy (non-hydrogen) atoms. The summed E-state index contributed by atoms with van der Waals surface area (Å²) in [5.41, 5.74) is 0. The van der Waals surface area contributed by atoms with Gasteiger partial charge in [0.25, 0.3) is 5.91 Å². The van der Waals surface area contributed by atoms with E-state index in [9.17, 15) is 27.2 Å². The average Bonchev–Trinajstić information content (AvgIpc) is 2.38. The minimum Gasteiger partial charge on any atom is -0.358 e. The number of nitrogens with one attached hydrogen (secondary N) is 1. The van der Waals surface area contributed by atoms with Gasteiger partial charge >= 0.3 is 12.3 Å². The standard InChI is InChI=1S/C10H15F4N3O2/c1-15-7(18)6-16-2-4-17(5-3-16)9(19)10(13,14)8(11)12/h8H,2-6H2,1H3,(H,15,18). The van der Waals surface area contributed by atoms with Gasteiger partial charge in [-0.1, -0.05) is 0 Å². The number of nitrogens with zero attached hydrogens (tertiary/aromatic N) is 2. The van der Waals surface area contributed by atoms with Crippen molar-refractivity contribution in [3.05, 3.63) is 0 Å². The third kappa shape index (κ3) is 3.79. The van der Waals surface area contributed by atoms with Gasteiger partial charge in [-0.15, -0.1) is 0 Å². The van der Waals surface area contributed by atoms with Gasteiger partial charge in [0.05, 0.1) is 6.54 Å². The fourth-order valence-electron chi connectivity index (χ4n) is 1.70. The van der Waals surface area contributed by atoms with Gasteiger partial charge in [-0.3, -0.25) is 14.5 Å². The van der Waals surface area contributed by atoms with Crippen LogP contribution in [-0.4, -0.2) is 73.7 Å². The van der Waals surface area contributed by atoms with Gasteiger partial charge in [-0.05, 0) is 0 Å². The largest absolute Gasteiger partial charge is 0.383 e. The molecule has 0 saturated carbocycles. The van der Waals surface area contributed by atoms with E-state index in [1.165, 1.54) is 7.05 Å². The highest BCUT2D eigenvalue weighted by molar-refractivity contribution is 5.84. The summed E-state index contributed by atoms with van der Waals surface area (Å²) in [4.78, 5) is 24.7. The Labute approximate surface area is 107 Å². The molecular formula is C10H15F4N3O2. The molecule has 5 nitrogen and oxygen atoms in total. The second-order valence-electron chi connectivity index (χ2n) is 4.17. The summed E-state index contributed by atoms with van der Waals surface area (Å²) < 4.78 is 49.8. The lowest BCUT2D eigenvalue weighted by Gasteiger charge is -2.35. The number of likely N-dealkylation sites (N-methyl/N-ethyl adjacent to an activating group) is 1. The van der Waals surface area contributed by atoms with Crippen LogP contribution >= 0.6 is 0 Å². The fraction of sp³-hybridized carbons (Fsp3) is 0.800.